The van der Waals surface area contributed by atoms with Crippen LogP contribution in [-0.4, -0.2) is 11.2 Å². The topological polar surface area (TPSA) is 20.2 Å². The molecule has 1 atom stereocenters. The first-order valence-electron chi connectivity index (χ1n) is 3.49. The van der Waals surface area contributed by atoms with Crippen molar-refractivity contribution in [1.29, 1.82) is 0 Å². The van der Waals surface area contributed by atoms with E-state index in [2.05, 4.69) is 18.4 Å². The van der Waals surface area contributed by atoms with Crippen molar-refractivity contribution in [2.75, 3.05) is 0 Å². The zero-order chi connectivity index (χ0) is 7.98. The van der Waals surface area contributed by atoms with Crippen molar-refractivity contribution in [3.8, 4) is 11.8 Å². The molecule has 0 spiro atoms. The summed E-state index contributed by atoms with van der Waals surface area (Å²) in [5.41, 5.74) is 0.850. The molecule has 1 heteroatoms. The van der Waals surface area contributed by atoms with Crippen LogP contribution in [0.15, 0.2) is 12.2 Å². The van der Waals surface area contributed by atoms with Gasteiger partial charge in [0.15, 0.2) is 0 Å². The summed E-state index contributed by atoms with van der Waals surface area (Å²) < 4.78 is 0. The smallest absolute Gasteiger partial charge is 0.0646 e. The largest absolute Gasteiger partial charge is 0.392 e. The van der Waals surface area contributed by atoms with Gasteiger partial charge in [-0.1, -0.05) is 25.3 Å². The van der Waals surface area contributed by atoms with Crippen molar-refractivity contribution in [2.45, 2.75) is 32.8 Å². The molecular weight excluding hydrogens is 124 g/mol. The Labute approximate surface area is 62.8 Å². The average Bonchev–Trinajstić information content (AvgIpc) is 1.87. The van der Waals surface area contributed by atoms with Crippen LogP contribution in [-0.2, 0) is 0 Å². The molecule has 0 amide bonds. The third kappa shape index (κ3) is 5.40. The quantitative estimate of drug-likeness (QED) is 0.576. The van der Waals surface area contributed by atoms with E-state index in [1.165, 1.54) is 0 Å². The minimum atomic E-state index is -0.271. The Morgan fingerprint density at radius 3 is 2.70 bits per heavy atom. The van der Waals surface area contributed by atoms with E-state index in [1.807, 2.05) is 13.8 Å². The molecule has 0 aliphatic carbocycles. The maximum Gasteiger partial charge on any atom is 0.0646 e. The summed E-state index contributed by atoms with van der Waals surface area (Å²) in [6.45, 7) is 7.41. The molecule has 56 valence electrons. The summed E-state index contributed by atoms with van der Waals surface area (Å²) in [5, 5.41) is 9.04. The molecule has 0 fully saturated rings. The van der Waals surface area contributed by atoms with Gasteiger partial charge in [-0.05, 0) is 18.9 Å². The molecule has 0 radical (unpaired) electrons. The van der Waals surface area contributed by atoms with Crippen molar-refractivity contribution in [3.63, 3.8) is 0 Å². The molecule has 1 N–H and O–H groups in total. The number of hydrogen-bond donors (Lipinski definition) is 1. The van der Waals surface area contributed by atoms with Crippen LogP contribution >= 0.6 is 0 Å². The van der Waals surface area contributed by atoms with Crippen LogP contribution in [0.3, 0.4) is 0 Å². The monoisotopic (exact) mass is 138 g/mol. The number of allylic oxidation sites excluding steroid dienone is 1. The molecule has 0 aromatic carbocycles. The first kappa shape index (κ1) is 9.26. The lowest BCUT2D eigenvalue weighted by atomic mass is 10.2. The van der Waals surface area contributed by atoms with Gasteiger partial charge in [0.25, 0.3) is 0 Å². The van der Waals surface area contributed by atoms with Gasteiger partial charge in [-0.2, -0.15) is 0 Å². The van der Waals surface area contributed by atoms with Crippen molar-refractivity contribution in [3.05, 3.63) is 12.2 Å². The molecule has 0 aromatic heterocycles. The minimum absolute atomic E-state index is 0.271. The van der Waals surface area contributed by atoms with E-state index in [4.69, 9.17) is 5.11 Å². The number of aliphatic hydroxyl groups excluding tert-OH is 1. The van der Waals surface area contributed by atoms with Crippen LogP contribution in [0.4, 0.5) is 0 Å². The number of aliphatic hydroxyl groups is 1. The van der Waals surface area contributed by atoms with Crippen LogP contribution in [0.25, 0.3) is 0 Å². The second kappa shape index (κ2) is 5.08. The highest BCUT2D eigenvalue weighted by Crippen LogP contribution is 1.94. The molecule has 0 aliphatic heterocycles. The van der Waals surface area contributed by atoms with Gasteiger partial charge in [-0.25, -0.2) is 0 Å². The SMILES string of the molecule is C=C(C)C#CC[C@@H](O)CC. The Bertz CT molecular complexity index is 159. The van der Waals surface area contributed by atoms with E-state index in [0.29, 0.717) is 6.42 Å². The Kier molecular flexibility index (Phi) is 4.70. The highest BCUT2D eigenvalue weighted by atomic mass is 16.3. The molecule has 0 bridgehead atoms. The Morgan fingerprint density at radius 2 is 2.30 bits per heavy atom. The normalized spacial score (nSPS) is 11.5. The summed E-state index contributed by atoms with van der Waals surface area (Å²) in [7, 11) is 0. The number of hydrogen-bond acceptors (Lipinski definition) is 1. The highest BCUT2D eigenvalue weighted by molar-refractivity contribution is 5.23. The van der Waals surface area contributed by atoms with Gasteiger partial charge in [0.05, 0.1) is 6.10 Å². The van der Waals surface area contributed by atoms with Crippen molar-refractivity contribution >= 4 is 0 Å². The second-order valence-corrected chi connectivity index (χ2v) is 2.35. The van der Waals surface area contributed by atoms with Crippen LogP contribution in [0.5, 0.6) is 0 Å². The second-order valence-electron chi connectivity index (χ2n) is 2.35. The van der Waals surface area contributed by atoms with E-state index in [1.54, 1.807) is 0 Å². The van der Waals surface area contributed by atoms with Gasteiger partial charge < -0.3 is 5.11 Å². The first-order valence-corrected chi connectivity index (χ1v) is 3.49. The molecule has 0 heterocycles. The molecule has 0 rings (SSSR count). The van der Waals surface area contributed by atoms with Crippen molar-refractivity contribution < 1.29 is 5.11 Å². The lowest BCUT2D eigenvalue weighted by Gasteiger charge is -1.98. The van der Waals surface area contributed by atoms with Gasteiger partial charge in [0.1, 0.15) is 0 Å². The molecular formula is C9H14O. The average molecular weight is 138 g/mol. The maximum atomic E-state index is 9.04. The van der Waals surface area contributed by atoms with E-state index >= 15 is 0 Å². The molecule has 0 aliphatic rings. The minimum Gasteiger partial charge on any atom is -0.392 e. The summed E-state index contributed by atoms with van der Waals surface area (Å²) in [4.78, 5) is 0. The van der Waals surface area contributed by atoms with Gasteiger partial charge in [-0.15, -0.1) is 0 Å². The fourth-order valence-electron chi connectivity index (χ4n) is 0.464. The Balaban J connectivity index is 3.55. The van der Waals surface area contributed by atoms with Gasteiger partial charge >= 0.3 is 0 Å². The van der Waals surface area contributed by atoms with E-state index in [9.17, 15) is 0 Å². The molecule has 0 unspecified atom stereocenters. The fraction of sp³-hybridized carbons (Fsp3) is 0.556. The molecule has 0 saturated heterocycles. The van der Waals surface area contributed by atoms with Gasteiger partial charge in [-0.3, -0.25) is 0 Å². The van der Waals surface area contributed by atoms with Crippen LogP contribution < -0.4 is 0 Å². The van der Waals surface area contributed by atoms with E-state index in [-0.39, 0.29) is 6.10 Å². The molecule has 10 heavy (non-hydrogen) atoms. The molecule has 0 aromatic rings. The number of rotatable bonds is 2. The zero-order valence-corrected chi connectivity index (χ0v) is 6.65. The van der Waals surface area contributed by atoms with Crippen LogP contribution in [0.2, 0.25) is 0 Å². The molecule has 1 nitrogen and oxygen atoms in total. The Morgan fingerprint density at radius 1 is 1.70 bits per heavy atom. The lowest BCUT2D eigenvalue weighted by molar-refractivity contribution is 0.176. The predicted molar refractivity (Wildman–Crippen MR) is 43.5 cm³/mol. The third-order valence-corrected chi connectivity index (χ3v) is 1.11. The summed E-state index contributed by atoms with van der Waals surface area (Å²) in [6.07, 6.45) is 1.06. The summed E-state index contributed by atoms with van der Waals surface area (Å²) in [5.74, 6) is 5.64. The third-order valence-electron chi connectivity index (χ3n) is 1.11. The van der Waals surface area contributed by atoms with Crippen molar-refractivity contribution in [2.24, 2.45) is 0 Å². The van der Waals surface area contributed by atoms with Gasteiger partial charge in [0.2, 0.25) is 0 Å². The van der Waals surface area contributed by atoms with E-state index in [0.717, 1.165) is 12.0 Å². The zero-order valence-electron chi connectivity index (χ0n) is 6.65. The fourth-order valence-corrected chi connectivity index (χ4v) is 0.464. The lowest BCUT2D eigenvalue weighted by Crippen LogP contribution is -2.01. The Hall–Kier alpha value is -0.740. The standard InChI is InChI=1S/C9H14O/c1-4-9(10)7-5-6-8(2)3/h9-10H,2,4,7H2,1,3H3/t9-/m0/s1. The van der Waals surface area contributed by atoms with Crippen LogP contribution in [0.1, 0.15) is 26.7 Å². The predicted octanol–water partition coefficient (Wildman–Crippen LogP) is 1.73. The summed E-state index contributed by atoms with van der Waals surface area (Å²) >= 11 is 0. The highest BCUT2D eigenvalue weighted by Gasteiger charge is 1.94. The van der Waals surface area contributed by atoms with E-state index < -0.39 is 0 Å². The van der Waals surface area contributed by atoms with Gasteiger partial charge in [0, 0.05) is 6.42 Å². The summed E-state index contributed by atoms with van der Waals surface area (Å²) in [6, 6.07) is 0. The first-order chi connectivity index (χ1) is 4.66. The van der Waals surface area contributed by atoms with Crippen molar-refractivity contribution in [1.82, 2.24) is 0 Å². The maximum absolute atomic E-state index is 9.04. The molecule has 0 saturated carbocycles. The van der Waals surface area contributed by atoms with Crippen LogP contribution in [0, 0.1) is 11.8 Å².